The first-order chi connectivity index (χ1) is 9.65. The lowest BCUT2D eigenvalue weighted by molar-refractivity contribution is -0.135. The molecule has 1 aliphatic heterocycles. The number of nitrogens with one attached hydrogen (secondary N) is 1. The van der Waals surface area contributed by atoms with Crippen LogP contribution in [0.4, 0.5) is 5.82 Å². The largest absolute Gasteiger partial charge is 0.333 e. The van der Waals surface area contributed by atoms with Gasteiger partial charge in [0.1, 0.15) is 5.82 Å². The molecule has 2 heterocycles. The third-order valence-electron chi connectivity index (χ3n) is 3.41. The molecule has 1 saturated heterocycles. The maximum Gasteiger partial charge on any atom is 0.245 e. The van der Waals surface area contributed by atoms with Crippen LogP contribution >= 0.6 is 0 Å². The van der Waals surface area contributed by atoms with E-state index in [1.807, 2.05) is 19.1 Å². The number of pyridine rings is 1. The number of amides is 2. The molecule has 0 radical (unpaired) electrons. The van der Waals surface area contributed by atoms with Crippen molar-refractivity contribution in [1.82, 2.24) is 9.88 Å². The highest BCUT2D eigenvalue weighted by atomic mass is 16.2. The Kier molecular flexibility index (Phi) is 5.09. The molecule has 20 heavy (non-hydrogen) atoms. The zero-order valence-electron chi connectivity index (χ0n) is 11.9. The molecule has 1 N–H and O–H groups in total. The van der Waals surface area contributed by atoms with Crippen LogP contribution in [0.1, 0.15) is 37.8 Å². The van der Waals surface area contributed by atoms with Gasteiger partial charge < -0.3 is 10.2 Å². The van der Waals surface area contributed by atoms with E-state index in [4.69, 9.17) is 0 Å². The van der Waals surface area contributed by atoms with Crippen LogP contribution in [0, 0.1) is 6.92 Å². The molecule has 1 aromatic rings. The Hall–Kier alpha value is -1.91. The van der Waals surface area contributed by atoms with Gasteiger partial charge in [-0.3, -0.25) is 9.59 Å². The minimum absolute atomic E-state index is 0.0806. The second-order valence-corrected chi connectivity index (χ2v) is 5.19. The molecule has 108 valence electrons. The standard InChI is InChI=1S/C15H21N3O2/c1-12-7-6-8-13(16-12)17-14(19)11-18-10-5-3-2-4-9-15(18)20/h6-8H,2-5,9-11H2,1H3,(H,16,17,19). The Balaban J connectivity index is 1.90. The van der Waals surface area contributed by atoms with Crippen LogP contribution in [-0.2, 0) is 9.59 Å². The van der Waals surface area contributed by atoms with Crippen molar-refractivity contribution in [3.8, 4) is 0 Å². The van der Waals surface area contributed by atoms with Crippen molar-refractivity contribution >= 4 is 17.6 Å². The number of aromatic nitrogens is 1. The molecule has 0 aromatic carbocycles. The fraction of sp³-hybridized carbons (Fsp3) is 0.533. The second-order valence-electron chi connectivity index (χ2n) is 5.19. The molecule has 0 saturated carbocycles. The van der Waals surface area contributed by atoms with Gasteiger partial charge >= 0.3 is 0 Å². The summed E-state index contributed by atoms with van der Waals surface area (Å²) in [6, 6.07) is 5.47. The molecule has 0 atom stereocenters. The van der Waals surface area contributed by atoms with E-state index in [0.29, 0.717) is 18.8 Å². The molecule has 5 heteroatoms. The van der Waals surface area contributed by atoms with Crippen LogP contribution in [0.3, 0.4) is 0 Å². The van der Waals surface area contributed by atoms with E-state index >= 15 is 0 Å². The average Bonchev–Trinajstić information content (AvgIpc) is 2.38. The smallest absolute Gasteiger partial charge is 0.245 e. The highest BCUT2D eigenvalue weighted by Gasteiger charge is 2.18. The van der Waals surface area contributed by atoms with Gasteiger partial charge in [0.2, 0.25) is 11.8 Å². The molecule has 0 unspecified atom stereocenters. The number of hydrogen-bond acceptors (Lipinski definition) is 3. The summed E-state index contributed by atoms with van der Waals surface area (Å²) in [6.45, 7) is 2.67. The summed E-state index contributed by atoms with van der Waals surface area (Å²) in [5, 5.41) is 2.74. The number of nitrogens with zero attached hydrogens (tertiary/aromatic N) is 2. The monoisotopic (exact) mass is 275 g/mol. The lowest BCUT2D eigenvalue weighted by atomic mass is 10.1. The zero-order valence-corrected chi connectivity index (χ0v) is 11.9. The number of hydrogen-bond donors (Lipinski definition) is 1. The Bertz CT molecular complexity index is 488. The van der Waals surface area contributed by atoms with Crippen LogP contribution in [0.5, 0.6) is 0 Å². The van der Waals surface area contributed by atoms with Crippen molar-refractivity contribution in [2.24, 2.45) is 0 Å². The fourth-order valence-corrected chi connectivity index (χ4v) is 2.35. The highest BCUT2D eigenvalue weighted by molar-refractivity contribution is 5.93. The lowest BCUT2D eigenvalue weighted by Gasteiger charge is -2.24. The van der Waals surface area contributed by atoms with Gasteiger partial charge in [-0.25, -0.2) is 4.98 Å². The van der Waals surface area contributed by atoms with Gasteiger partial charge in [-0.2, -0.15) is 0 Å². The number of carbonyl (C=O) groups is 2. The normalized spacial score (nSPS) is 16.4. The predicted octanol–water partition coefficient (Wildman–Crippen LogP) is 2.12. The predicted molar refractivity (Wildman–Crippen MR) is 77.3 cm³/mol. The van der Waals surface area contributed by atoms with Crippen molar-refractivity contribution in [2.75, 3.05) is 18.4 Å². The van der Waals surface area contributed by atoms with Gasteiger partial charge in [-0.15, -0.1) is 0 Å². The fourth-order valence-electron chi connectivity index (χ4n) is 2.35. The van der Waals surface area contributed by atoms with Gasteiger partial charge in [0.05, 0.1) is 6.54 Å². The Morgan fingerprint density at radius 3 is 2.90 bits per heavy atom. The Morgan fingerprint density at radius 1 is 1.30 bits per heavy atom. The molecule has 1 aliphatic rings. The van der Waals surface area contributed by atoms with Crippen molar-refractivity contribution in [3.05, 3.63) is 23.9 Å². The molecule has 5 nitrogen and oxygen atoms in total. The zero-order chi connectivity index (χ0) is 14.4. The SMILES string of the molecule is Cc1cccc(NC(=O)CN2CCCCCCC2=O)n1. The Labute approximate surface area is 119 Å². The quantitative estimate of drug-likeness (QED) is 0.919. The van der Waals surface area contributed by atoms with Crippen molar-refractivity contribution in [3.63, 3.8) is 0 Å². The number of likely N-dealkylation sites (tertiary alicyclic amines) is 1. The Morgan fingerprint density at radius 2 is 2.10 bits per heavy atom. The van der Waals surface area contributed by atoms with Gasteiger partial charge in [0, 0.05) is 18.7 Å². The molecular weight excluding hydrogens is 254 g/mol. The molecule has 0 aliphatic carbocycles. The van der Waals surface area contributed by atoms with Gasteiger partial charge in [0.15, 0.2) is 0 Å². The van der Waals surface area contributed by atoms with E-state index in [2.05, 4.69) is 10.3 Å². The summed E-state index contributed by atoms with van der Waals surface area (Å²) >= 11 is 0. The van der Waals surface area contributed by atoms with Crippen LogP contribution in [0.2, 0.25) is 0 Å². The topological polar surface area (TPSA) is 62.3 Å². The molecule has 2 amide bonds. The van der Waals surface area contributed by atoms with Crippen LogP contribution in [0.25, 0.3) is 0 Å². The first-order valence-electron chi connectivity index (χ1n) is 7.16. The molecular formula is C15H21N3O2. The number of rotatable bonds is 3. The first-order valence-corrected chi connectivity index (χ1v) is 7.16. The summed E-state index contributed by atoms with van der Waals surface area (Å²) < 4.78 is 0. The summed E-state index contributed by atoms with van der Waals surface area (Å²) in [4.78, 5) is 29.8. The van der Waals surface area contributed by atoms with E-state index in [0.717, 1.165) is 31.4 Å². The minimum Gasteiger partial charge on any atom is -0.333 e. The van der Waals surface area contributed by atoms with Gasteiger partial charge in [0.25, 0.3) is 0 Å². The van der Waals surface area contributed by atoms with Crippen molar-refractivity contribution in [1.29, 1.82) is 0 Å². The summed E-state index contributed by atoms with van der Waals surface area (Å²) in [7, 11) is 0. The molecule has 2 rings (SSSR count). The third-order valence-corrected chi connectivity index (χ3v) is 3.41. The van der Waals surface area contributed by atoms with Crippen LogP contribution in [-0.4, -0.2) is 34.8 Å². The van der Waals surface area contributed by atoms with E-state index < -0.39 is 0 Å². The average molecular weight is 275 g/mol. The van der Waals surface area contributed by atoms with E-state index in [-0.39, 0.29) is 18.4 Å². The third kappa shape index (κ3) is 4.33. The molecule has 1 fully saturated rings. The summed E-state index contributed by atoms with van der Waals surface area (Å²) in [5.41, 5.74) is 0.852. The van der Waals surface area contributed by atoms with Crippen molar-refractivity contribution < 1.29 is 9.59 Å². The first kappa shape index (κ1) is 14.5. The maximum atomic E-state index is 12.0. The second kappa shape index (κ2) is 7.03. The summed E-state index contributed by atoms with van der Waals surface area (Å²) in [5.74, 6) is 0.434. The van der Waals surface area contributed by atoms with E-state index in [1.54, 1.807) is 11.0 Å². The molecule has 0 spiro atoms. The lowest BCUT2D eigenvalue weighted by Crippen LogP contribution is -2.39. The number of anilines is 1. The highest BCUT2D eigenvalue weighted by Crippen LogP contribution is 2.12. The maximum absolute atomic E-state index is 12.0. The number of carbonyl (C=O) groups excluding carboxylic acids is 2. The number of aryl methyl sites for hydroxylation is 1. The minimum atomic E-state index is -0.183. The van der Waals surface area contributed by atoms with Crippen LogP contribution < -0.4 is 5.32 Å². The van der Waals surface area contributed by atoms with Gasteiger partial charge in [-0.05, 0) is 31.9 Å². The van der Waals surface area contributed by atoms with Crippen molar-refractivity contribution in [2.45, 2.75) is 39.0 Å². The van der Waals surface area contributed by atoms with Crippen LogP contribution in [0.15, 0.2) is 18.2 Å². The molecule has 1 aromatic heterocycles. The summed E-state index contributed by atoms with van der Waals surface area (Å²) in [6.07, 6.45) is 4.69. The van der Waals surface area contributed by atoms with Gasteiger partial charge in [-0.1, -0.05) is 18.9 Å². The molecule has 0 bridgehead atoms. The van der Waals surface area contributed by atoms with E-state index in [9.17, 15) is 9.59 Å². The van der Waals surface area contributed by atoms with E-state index in [1.165, 1.54) is 0 Å².